The molecule has 0 aromatic carbocycles. The zero-order valence-electron chi connectivity index (χ0n) is 15.8. The number of hydrogen-bond donors (Lipinski definition) is 0. The fraction of sp³-hybridized carbons (Fsp3) is 0.381. The Hall–Kier alpha value is -2.44. The molecule has 3 aromatic heterocycles. The van der Waals surface area contributed by atoms with Gasteiger partial charge in [-0.2, -0.15) is 0 Å². The van der Waals surface area contributed by atoms with Gasteiger partial charge in [-0.25, -0.2) is 4.98 Å². The molecule has 0 spiro atoms. The smallest absolute Gasteiger partial charge is 0.261 e. The molecule has 0 saturated carbocycles. The molecule has 6 nitrogen and oxygen atoms in total. The molecular weight excluding hydrogens is 374 g/mol. The van der Waals surface area contributed by atoms with E-state index in [0.29, 0.717) is 17.4 Å². The van der Waals surface area contributed by atoms with Crippen LogP contribution in [0, 0.1) is 5.92 Å². The maximum absolute atomic E-state index is 13.2. The molecule has 0 unspecified atom stereocenters. The molecule has 28 heavy (non-hydrogen) atoms. The van der Waals surface area contributed by atoms with Gasteiger partial charge in [0.05, 0.1) is 16.3 Å². The molecule has 5 heterocycles. The van der Waals surface area contributed by atoms with Gasteiger partial charge < -0.3 is 9.13 Å². The van der Waals surface area contributed by atoms with Crippen molar-refractivity contribution in [3.8, 4) is 11.4 Å². The summed E-state index contributed by atoms with van der Waals surface area (Å²) in [6, 6.07) is 7.80. The van der Waals surface area contributed by atoms with E-state index in [0.717, 1.165) is 54.8 Å². The van der Waals surface area contributed by atoms with Gasteiger partial charge in [0, 0.05) is 63.4 Å². The van der Waals surface area contributed by atoms with Gasteiger partial charge in [0.25, 0.3) is 5.56 Å². The van der Waals surface area contributed by atoms with Crippen LogP contribution in [0.2, 0.25) is 5.02 Å². The summed E-state index contributed by atoms with van der Waals surface area (Å²) in [5, 5.41) is 0.717. The van der Waals surface area contributed by atoms with E-state index >= 15 is 0 Å². The van der Waals surface area contributed by atoms with E-state index in [-0.39, 0.29) is 5.56 Å². The summed E-state index contributed by atoms with van der Waals surface area (Å²) in [5.41, 5.74) is 2.80. The van der Waals surface area contributed by atoms with E-state index < -0.39 is 0 Å². The van der Waals surface area contributed by atoms with Gasteiger partial charge in [-0.1, -0.05) is 11.6 Å². The number of aromatic nitrogens is 4. The van der Waals surface area contributed by atoms with Crippen molar-refractivity contribution >= 4 is 11.6 Å². The quantitative estimate of drug-likeness (QED) is 0.684. The Labute approximate surface area is 168 Å². The number of aryl methyl sites for hydroxylation is 1. The van der Waals surface area contributed by atoms with E-state index in [1.54, 1.807) is 12.4 Å². The van der Waals surface area contributed by atoms with Crippen LogP contribution in [0.15, 0.2) is 47.7 Å². The minimum atomic E-state index is 0.0720. The van der Waals surface area contributed by atoms with Gasteiger partial charge in [-0.15, -0.1) is 0 Å². The van der Waals surface area contributed by atoms with Crippen molar-refractivity contribution in [1.82, 2.24) is 24.0 Å². The lowest BCUT2D eigenvalue weighted by molar-refractivity contribution is 0.113. The van der Waals surface area contributed by atoms with Gasteiger partial charge in [0.15, 0.2) is 0 Å². The van der Waals surface area contributed by atoms with Crippen LogP contribution < -0.4 is 5.56 Å². The molecule has 0 amide bonds. The minimum absolute atomic E-state index is 0.0720. The number of pyridine rings is 2. The first-order valence-electron chi connectivity index (χ1n) is 9.63. The third kappa shape index (κ3) is 2.97. The summed E-state index contributed by atoms with van der Waals surface area (Å²) in [7, 11) is 1.92. The van der Waals surface area contributed by atoms with Gasteiger partial charge in [-0.05, 0) is 36.6 Å². The number of halogens is 1. The molecule has 1 fully saturated rings. The molecule has 2 atom stereocenters. The van der Waals surface area contributed by atoms with Crippen LogP contribution >= 0.6 is 11.6 Å². The van der Waals surface area contributed by atoms with Gasteiger partial charge in [0.2, 0.25) is 0 Å². The Kier molecular flexibility index (Phi) is 4.33. The molecule has 2 bridgehead atoms. The number of rotatable bonds is 3. The summed E-state index contributed by atoms with van der Waals surface area (Å²) in [4.78, 5) is 24.4. The predicted molar refractivity (Wildman–Crippen MR) is 108 cm³/mol. The average molecular weight is 396 g/mol. The van der Waals surface area contributed by atoms with Crippen molar-refractivity contribution in [3.05, 3.63) is 69.6 Å². The molecule has 2 aliphatic rings. The lowest BCUT2D eigenvalue weighted by atomic mass is 9.83. The van der Waals surface area contributed by atoms with E-state index in [4.69, 9.17) is 11.6 Å². The van der Waals surface area contributed by atoms with Crippen LogP contribution in [0.25, 0.3) is 11.4 Å². The zero-order chi connectivity index (χ0) is 19.3. The lowest BCUT2D eigenvalue weighted by Crippen LogP contribution is -2.47. The van der Waals surface area contributed by atoms with Crippen LogP contribution in [0.5, 0.6) is 0 Å². The normalized spacial score (nSPS) is 21.5. The highest BCUT2D eigenvalue weighted by atomic mass is 35.5. The van der Waals surface area contributed by atoms with Crippen molar-refractivity contribution in [2.45, 2.75) is 25.4 Å². The van der Waals surface area contributed by atoms with Crippen molar-refractivity contribution in [1.29, 1.82) is 0 Å². The maximum atomic E-state index is 13.2. The molecule has 2 aliphatic heterocycles. The Morgan fingerprint density at radius 3 is 2.82 bits per heavy atom. The molecule has 144 valence electrons. The van der Waals surface area contributed by atoms with Crippen LogP contribution in [-0.2, 0) is 20.1 Å². The largest absolute Gasteiger partial charge is 0.334 e. The molecule has 5 rings (SSSR count). The summed E-state index contributed by atoms with van der Waals surface area (Å²) in [6.07, 6.45) is 6.52. The highest BCUT2D eigenvalue weighted by Crippen LogP contribution is 2.36. The molecule has 7 heteroatoms. The number of piperidine rings is 1. The number of likely N-dealkylation sites (tertiary alicyclic amines) is 1. The molecule has 1 saturated heterocycles. The van der Waals surface area contributed by atoms with Crippen LogP contribution in [0.3, 0.4) is 0 Å². The van der Waals surface area contributed by atoms with Crippen molar-refractivity contribution in [2.24, 2.45) is 13.0 Å². The second-order valence-electron chi connectivity index (χ2n) is 7.87. The van der Waals surface area contributed by atoms with Crippen LogP contribution in [0.1, 0.15) is 23.7 Å². The first-order chi connectivity index (χ1) is 13.6. The van der Waals surface area contributed by atoms with Gasteiger partial charge >= 0.3 is 0 Å². The Morgan fingerprint density at radius 1 is 1.14 bits per heavy atom. The molecule has 0 radical (unpaired) electrons. The number of nitrogens with zero attached hydrogens (tertiary/aromatic N) is 5. The Bertz CT molecular complexity index is 1090. The number of fused-ring (bicyclic) bond motifs is 4. The van der Waals surface area contributed by atoms with Gasteiger partial charge in [-0.3, -0.25) is 14.7 Å². The third-order valence-electron chi connectivity index (χ3n) is 5.95. The predicted octanol–water partition coefficient (Wildman–Crippen LogP) is 2.92. The Balaban J connectivity index is 1.45. The van der Waals surface area contributed by atoms with Crippen molar-refractivity contribution in [3.63, 3.8) is 0 Å². The van der Waals surface area contributed by atoms with E-state index in [2.05, 4.69) is 20.9 Å². The second-order valence-corrected chi connectivity index (χ2v) is 8.28. The van der Waals surface area contributed by atoms with E-state index in [1.165, 1.54) is 0 Å². The minimum Gasteiger partial charge on any atom is -0.334 e. The zero-order valence-corrected chi connectivity index (χ0v) is 16.5. The summed E-state index contributed by atoms with van der Waals surface area (Å²) >= 11 is 6.30. The topological polar surface area (TPSA) is 56.0 Å². The Morgan fingerprint density at radius 2 is 2.04 bits per heavy atom. The van der Waals surface area contributed by atoms with E-state index in [9.17, 15) is 4.79 Å². The lowest BCUT2D eigenvalue weighted by Gasteiger charge is -2.42. The monoisotopic (exact) mass is 395 g/mol. The molecule has 3 aromatic rings. The second kappa shape index (κ2) is 6.87. The summed E-state index contributed by atoms with van der Waals surface area (Å²) in [5.74, 6) is 1.55. The van der Waals surface area contributed by atoms with Crippen LogP contribution in [-0.4, -0.2) is 37.1 Å². The number of imidazole rings is 1. The summed E-state index contributed by atoms with van der Waals surface area (Å²) in [6.45, 7) is 3.39. The van der Waals surface area contributed by atoms with Crippen molar-refractivity contribution in [2.75, 3.05) is 13.1 Å². The SMILES string of the molecule is Cn1ccnc1-c1ccc2n(c1=O)C[C@H]1C[C@@H]2CN(Cc2ncccc2Cl)C1. The first-order valence-corrected chi connectivity index (χ1v) is 10.0. The van der Waals surface area contributed by atoms with Gasteiger partial charge in [0.1, 0.15) is 5.82 Å². The van der Waals surface area contributed by atoms with Crippen LogP contribution in [0.4, 0.5) is 0 Å². The first kappa shape index (κ1) is 17.6. The summed E-state index contributed by atoms with van der Waals surface area (Å²) < 4.78 is 3.87. The fourth-order valence-electron chi connectivity index (χ4n) is 4.72. The average Bonchev–Trinajstić information content (AvgIpc) is 3.10. The van der Waals surface area contributed by atoms with E-state index in [1.807, 2.05) is 40.6 Å². The molecular formula is C21H22ClN5O. The highest BCUT2D eigenvalue weighted by Gasteiger charge is 2.35. The third-order valence-corrected chi connectivity index (χ3v) is 6.29. The maximum Gasteiger partial charge on any atom is 0.261 e. The molecule has 0 aliphatic carbocycles. The van der Waals surface area contributed by atoms with Crippen molar-refractivity contribution < 1.29 is 0 Å². The molecule has 0 N–H and O–H groups in total. The standard InChI is InChI=1S/C21H22ClN5O/c1-25-8-7-24-20(25)16-4-5-19-15-9-14(11-27(19)21(16)28)10-26(12-15)13-18-17(22)3-2-6-23-18/h2-8,14-15H,9-13H2,1H3/t14-,15+/m0/s1. The number of hydrogen-bond acceptors (Lipinski definition) is 4. The highest BCUT2D eigenvalue weighted by molar-refractivity contribution is 6.31. The fourth-order valence-corrected chi connectivity index (χ4v) is 4.90.